The number of nitrogens with zero attached hydrogens (tertiary/aromatic N) is 2. The molecule has 2 amide bonds. The van der Waals surface area contributed by atoms with Gasteiger partial charge in [-0.2, -0.15) is 5.10 Å². The van der Waals surface area contributed by atoms with Gasteiger partial charge in [0, 0.05) is 29.5 Å². The van der Waals surface area contributed by atoms with Crippen molar-refractivity contribution in [2.75, 3.05) is 19.5 Å². The van der Waals surface area contributed by atoms with Gasteiger partial charge in [-0.05, 0) is 35.9 Å². The molecule has 7 nitrogen and oxygen atoms in total. The lowest BCUT2D eigenvalue weighted by Crippen LogP contribution is -2.31. The molecule has 7 heteroatoms. The zero-order chi connectivity index (χ0) is 22.6. The van der Waals surface area contributed by atoms with E-state index in [9.17, 15) is 9.59 Å². The van der Waals surface area contributed by atoms with Crippen LogP contribution in [0, 0.1) is 5.41 Å². The molecule has 31 heavy (non-hydrogen) atoms. The molecule has 0 aliphatic carbocycles. The summed E-state index contributed by atoms with van der Waals surface area (Å²) in [7, 11) is 3.18. The van der Waals surface area contributed by atoms with Crippen LogP contribution in [0.25, 0.3) is 0 Å². The SMILES string of the molecule is COc1ccc(C2=NN(Cc3cccc(NC(=O)C(C)(C)C)c3)C(=O)CC2)cc1OC. The maximum absolute atomic E-state index is 12.5. The van der Waals surface area contributed by atoms with Crippen molar-refractivity contribution in [3.8, 4) is 11.5 Å². The van der Waals surface area contributed by atoms with E-state index in [1.165, 1.54) is 5.01 Å². The van der Waals surface area contributed by atoms with Gasteiger partial charge in [0.25, 0.3) is 0 Å². The number of benzene rings is 2. The standard InChI is InChI=1S/C24H29N3O4/c1-24(2,3)23(29)25-18-8-6-7-16(13-18)15-27-22(28)12-10-19(26-27)17-9-11-20(30-4)21(14-17)31-5/h6-9,11,13-14H,10,12,15H2,1-5H3,(H,25,29). The highest BCUT2D eigenvalue weighted by Gasteiger charge is 2.23. The third-order valence-electron chi connectivity index (χ3n) is 5.02. The molecule has 0 unspecified atom stereocenters. The van der Waals surface area contributed by atoms with E-state index < -0.39 is 5.41 Å². The molecule has 3 rings (SSSR count). The normalized spacial score (nSPS) is 14.2. The number of carbonyl (C=O) groups excluding carboxylic acids is 2. The largest absolute Gasteiger partial charge is 0.493 e. The van der Waals surface area contributed by atoms with Crippen LogP contribution in [0.1, 0.15) is 44.7 Å². The molecule has 0 saturated heterocycles. The van der Waals surface area contributed by atoms with Crippen molar-refractivity contribution >= 4 is 23.2 Å². The molecule has 0 aromatic heterocycles. The van der Waals surface area contributed by atoms with Gasteiger partial charge >= 0.3 is 0 Å². The van der Waals surface area contributed by atoms with E-state index in [-0.39, 0.29) is 11.8 Å². The van der Waals surface area contributed by atoms with Crippen LogP contribution in [0.2, 0.25) is 0 Å². The predicted octanol–water partition coefficient (Wildman–Crippen LogP) is 4.22. The third kappa shape index (κ3) is 5.42. The number of hydrazone groups is 1. The summed E-state index contributed by atoms with van der Waals surface area (Å²) in [6.45, 7) is 5.92. The summed E-state index contributed by atoms with van der Waals surface area (Å²) in [4.78, 5) is 24.8. The Morgan fingerprint density at radius 2 is 1.81 bits per heavy atom. The predicted molar refractivity (Wildman–Crippen MR) is 120 cm³/mol. The van der Waals surface area contributed by atoms with Crippen LogP contribution in [0.15, 0.2) is 47.6 Å². The monoisotopic (exact) mass is 423 g/mol. The number of hydrogen-bond acceptors (Lipinski definition) is 5. The molecule has 0 bridgehead atoms. The summed E-state index contributed by atoms with van der Waals surface area (Å²) >= 11 is 0. The Hall–Kier alpha value is -3.35. The zero-order valence-electron chi connectivity index (χ0n) is 18.7. The Morgan fingerprint density at radius 1 is 1.06 bits per heavy atom. The quantitative estimate of drug-likeness (QED) is 0.755. The first-order valence-corrected chi connectivity index (χ1v) is 10.2. The molecule has 0 spiro atoms. The van der Waals surface area contributed by atoms with Gasteiger partial charge in [-0.15, -0.1) is 0 Å². The minimum absolute atomic E-state index is 0.0339. The molecule has 1 heterocycles. The molecular weight excluding hydrogens is 394 g/mol. The number of nitrogens with one attached hydrogen (secondary N) is 1. The van der Waals surface area contributed by atoms with Gasteiger partial charge in [-0.1, -0.05) is 32.9 Å². The van der Waals surface area contributed by atoms with Crippen molar-refractivity contribution in [2.24, 2.45) is 10.5 Å². The second-order valence-electron chi connectivity index (χ2n) is 8.47. The summed E-state index contributed by atoms with van der Waals surface area (Å²) in [5.41, 5.74) is 2.81. The van der Waals surface area contributed by atoms with E-state index in [4.69, 9.17) is 9.47 Å². The highest BCUT2D eigenvalue weighted by Crippen LogP contribution is 2.29. The lowest BCUT2D eigenvalue weighted by atomic mass is 9.95. The number of methoxy groups -OCH3 is 2. The number of amides is 2. The molecule has 1 aliphatic heterocycles. The second kappa shape index (κ2) is 9.20. The fourth-order valence-electron chi connectivity index (χ4n) is 3.19. The van der Waals surface area contributed by atoms with Crippen LogP contribution in [0.5, 0.6) is 11.5 Å². The van der Waals surface area contributed by atoms with Crippen molar-refractivity contribution in [1.82, 2.24) is 5.01 Å². The summed E-state index contributed by atoms with van der Waals surface area (Å²) in [6.07, 6.45) is 0.945. The molecule has 1 N–H and O–H groups in total. The second-order valence-corrected chi connectivity index (χ2v) is 8.47. The Labute approximate surface area is 183 Å². The van der Waals surface area contributed by atoms with Crippen LogP contribution in [-0.2, 0) is 16.1 Å². The highest BCUT2D eigenvalue weighted by molar-refractivity contribution is 6.04. The first kappa shape index (κ1) is 22.3. The van der Waals surface area contributed by atoms with Gasteiger partial charge < -0.3 is 14.8 Å². The maximum Gasteiger partial charge on any atom is 0.243 e. The van der Waals surface area contributed by atoms with Crippen molar-refractivity contribution < 1.29 is 19.1 Å². The Balaban J connectivity index is 1.81. The number of hydrogen-bond donors (Lipinski definition) is 1. The summed E-state index contributed by atoms with van der Waals surface area (Å²) in [5, 5.41) is 9.02. The van der Waals surface area contributed by atoms with E-state index in [0.29, 0.717) is 36.6 Å². The van der Waals surface area contributed by atoms with E-state index in [0.717, 1.165) is 16.8 Å². The number of carbonyl (C=O) groups is 2. The van der Waals surface area contributed by atoms with Crippen molar-refractivity contribution in [3.63, 3.8) is 0 Å². The van der Waals surface area contributed by atoms with Crippen LogP contribution in [0.3, 0.4) is 0 Å². The lowest BCUT2D eigenvalue weighted by Gasteiger charge is -2.24. The van der Waals surface area contributed by atoms with Crippen molar-refractivity contribution in [3.05, 3.63) is 53.6 Å². The molecule has 0 fully saturated rings. The minimum Gasteiger partial charge on any atom is -0.493 e. The lowest BCUT2D eigenvalue weighted by molar-refractivity contribution is -0.132. The molecule has 2 aromatic carbocycles. The fourth-order valence-corrected chi connectivity index (χ4v) is 3.19. The van der Waals surface area contributed by atoms with Gasteiger partial charge in [-0.25, -0.2) is 5.01 Å². The first-order valence-electron chi connectivity index (χ1n) is 10.2. The van der Waals surface area contributed by atoms with E-state index in [1.807, 2.05) is 63.2 Å². The molecule has 1 aliphatic rings. The first-order chi connectivity index (χ1) is 14.7. The Bertz CT molecular complexity index is 1010. The maximum atomic E-state index is 12.5. The molecule has 164 valence electrons. The van der Waals surface area contributed by atoms with Gasteiger partial charge in [0.1, 0.15) is 0 Å². The van der Waals surface area contributed by atoms with Gasteiger partial charge in [0.15, 0.2) is 11.5 Å². The topological polar surface area (TPSA) is 80.2 Å². The van der Waals surface area contributed by atoms with Crippen LogP contribution >= 0.6 is 0 Å². The van der Waals surface area contributed by atoms with Gasteiger partial charge in [0.05, 0.1) is 26.5 Å². The minimum atomic E-state index is -0.489. The molecule has 0 saturated carbocycles. The zero-order valence-corrected chi connectivity index (χ0v) is 18.7. The molecular formula is C24H29N3O4. The van der Waals surface area contributed by atoms with Gasteiger partial charge in [0.2, 0.25) is 11.8 Å². The smallest absolute Gasteiger partial charge is 0.243 e. The third-order valence-corrected chi connectivity index (χ3v) is 5.02. The van der Waals surface area contributed by atoms with Crippen LogP contribution in [-0.4, -0.2) is 36.8 Å². The van der Waals surface area contributed by atoms with E-state index in [1.54, 1.807) is 14.2 Å². The molecule has 2 aromatic rings. The Morgan fingerprint density at radius 3 is 2.48 bits per heavy atom. The summed E-state index contributed by atoms with van der Waals surface area (Å²) < 4.78 is 10.7. The van der Waals surface area contributed by atoms with Crippen LogP contribution < -0.4 is 14.8 Å². The fraction of sp³-hybridized carbons (Fsp3) is 0.375. The Kier molecular flexibility index (Phi) is 6.63. The number of rotatable bonds is 6. The van der Waals surface area contributed by atoms with Gasteiger partial charge in [-0.3, -0.25) is 9.59 Å². The average molecular weight is 424 g/mol. The average Bonchev–Trinajstić information content (AvgIpc) is 2.74. The summed E-state index contributed by atoms with van der Waals surface area (Å²) in [5.74, 6) is 1.17. The number of anilines is 1. The van der Waals surface area contributed by atoms with Crippen molar-refractivity contribution in [1.29, 1.82) is 0 Å². The molecule has 0 atom stereocenters. The summed E-state index contributed by atoms with van der Waals surface area (Å²) in [6, 6.07) is 13.1. The number of ether oxygens (including phenoxy) is 2. The van der Waals surface area contributed by atoms with Crippen LogP contribution in [0.4, 0.5) is 5.69 Å². The van der Waals surface area contributed by atoms with E-state index >= 15 is 0 Å². The van der Waals surface area contributed by atoms with E-state index in [2.05, 4.69) is 10.4 Å². The highest BCUT2D eigenvalue weighted by atomic mass is 16.5. The molecule has 0 radical (unpaired) electrons. The van der Waals surface area contributed by atoms with Crippen molar-refractivity contribution in [2.45, 2.75) is 40.2 Å².